The van der Waals surface area contributed by atoms with Gasteiger partial charge in [0.2, 0.25) is 6.41 Å². The number of hydrogen-bond donors (Lipinski definition) is 1. The van der Waals surface area contributed by atoms with Crippen LogP contribution in [-0.2, 0) is 14.4 Å². The lowest BCUT2D eigenvalue weighted by atomic mass is 10.0. The van der Waals surface area contributed by atoms with Crippen molar-refractivity contribution in [1.29, 1.82) is 0 Å². The van der Waals surface area contributed by atoms with Crippen molar-refractivity contribution >= 4 is 18.0 Å². The highest BCUT2D eigenvalue weighted by Gasteiger charge is 2.22. The number of carboxylic acids is 1. The fourth-order valence-corrected chi connectivity index (χ4v) is 1.79. The van der Waals surface area contributed by atoms with Crippen LogP contribution in [0.1, 0.15) is 25.8 Å². The van der Waals surface area contributed by atoms with Gasteiger partial charge in [-0.3, -0.25) is 9.63 Å². The first-order chi connectivity index (χ1) is 9.15. The van der Waals surface area contributed by atoms with Gasteiger partial charge in [-0.05, 0) is 24.5 Å². The lowest BCUT2D eigenvalue weighted by Crippen LogP contribution is -2.28. The highest BCUT2D eigenvalue weighted by molar-refractivity contribution is 5.97. The van der Waals surface area contributed by atoms with Crippen LogP contribution in [0.3, 0.4) is 0 Å². The maximum Gasteiger partial charge on any atom is 0.355 e. The minimum Gasteiger partial charge on any atom is -0.476 e. The number of carbonyl (C=O) groups is 2. The molecule has 5 nitrogen and oxygen atoms in total. The molecule has 0 saturated carbocycles. The van der Waals surface area contributed by atoms with Crippen molar-refractivity contribution < 1.29 is 19.5 Å². The average Bonchev–Trinajstić information content (AvgIpc) is 2.43. The fourth-order valence-electron chi connectivity index (χ4n) is 1.79. The zero-order chi connectivity index (χ0) is 14.3. The number of carboxylic acid groups (broad SMARTS) is 1. The standard InChI is InChI=1S/C14H17NO4/c1-3-12(11-8-6-5-7-9-11)13(14(17)18)15(10-16)19-4-2/h5-10H,3-4H2,1-2H3,(H,17,18). The number of benzene rings is 1. The average molecular weight is 263 g/mol. The normalized spacial score (nSPS) is 11.7. The molecule has 1 amide bonds. The number of hydrogen-bond acceptors (Lipinski definition) is 3. The molecule has 1 rings (SSSR count). The second kappa shape index (κ2) is 7.33. The third-order valence-electron chi connectivity index (χ3n) is 2.55. The first-order valence-corrected chi connectivity index (χ1v) is 6.04. The van der Waals surface area contributed by atoms with Gasteiger partial charge in [0.15, 0.2) is 5.70 Å². The Balaban J connectivity index is 3.36. The summed E-state index contributed by atoms with van der Waals surface area (Å²) in [4.78, 5) is 27.5. The summed E-state index contributed by atoms with van der Waals surface area (Å²) < 4.78 is 0. The van der Waals surface area contributed by atoms with Crippen LogP contribution in [0.4, 0.5) is 0 Å². The number of aliphatic carboxylic acids is 1. The van der Waals surface area contributed by atoms with Crippen molar-refractivity contribution in [2.75, 3.05) is 6.61 Å². The molecule has 5 heteroatoms. The van der Waals surface area contributed by atoms with Gasteiger partial charge < -0.3 is 5.11 Å². The summed E-state index contributed by atoms with van der Waals surface area (Å²) >= 11 is 0. The third-order valence-corrected chi connectivity index (χ3v) is 2.55. The molecule has 0 bridgehead atoms. The number of nitrogens with zero attached hydrogens (tertiary/aromatic N) is 1. The van der Waals surface area contributed by atoms with Crippen LogP contribution in [0.25, 0.3) is 5.57 Å². The summed E-state index contributed by atoms with van der Waals surface area (Å²) in [7, 11) is 0. The van der Waals surface area contributed by atoms with E-state index >= 15 is 0 Å². The van der Waals surface area contributed by atoms with Gasteiger partial charge in [-0.2, -0.15) is 5.06 Å². The van der Waals surface area contributed by atoms with E-state index in [2.05, 4.69) is 0 Å². The first kappa shape index (κ1) is 14.9. The van der Waals surface area contributed by atoms with Gasteiger partial charge in [0.05, 0.1) is 6.61 Å². The second-order valence-electron chi connectivity index (χ2n) is 3.70. The van der Waals surface area contributed by atoms with Crippen molar-refractivity contribution in [3.05, 3.63) is 41.6 Å². The van der Waals surface area contributed by atoms with Crippen LogP contribution in [0, 0.1) is 0 Å². The molecule has 0 saturated heterocycles. The zero-order valence-corrected chi connectivity index (χ0v) is 11.0. The minimum absolute atomic E-state index is 0.148. The van der Waals surface area contributed by atoms with Gasteiger partial charge in [0, 0.05) is 0 Å². The molecule has 0 aromatic heterocycles. The lowest BCUT2D eigenvalue weighted by molar-refractivity contribution is -0.166. The van der Waals surface area contributed by atoms with E-state index in [-0.39, 0.29) is 12.3 Å². The zero-order valence-electron chi connectivity index (χ0n) is 11.0. The maximum atomic E-state index is 11.4. The number of allylic oxidation sites excluding steroid dienone is 1. The smallest absolute Gasteiger partial charge is 0.355 e. The molecule has 0 atom stereocenters. The van der Waals surface area contributed by atoms with E-state index in [9.17, 15) is 14.7 Å². The van der Waals surface area contributed by atoms with Crippen molar-refractivity contribution in [2.24, 2.45) is 0 Å². The Morgan fingerprint density at radius 3 is 2.37 bits per heavy atom. The number of carbonyl (C=O) groups excluding carboxylic acids is 1. The molecule has 102 valence electrons. The van der Waals surface area contributed by atoms with Crippen molar-refractivity contribution in [3.8, 4) is 0 Å². The molecule has 1 aromatic rings. The van der Waals surface area contributed by atoms with Crippen molar-refractivity contribution in [1.82, 2.24) is 5.06 Å². The minimum atomic E-state index is -1.19. The summed E-state index contributed by atoms with van der Waals surface area (Å²) in [5.41, 5.74) is 1.16. The van der Waals surface area contributed by atoms with E-state index in [4.69, 9.17) is 4.84 Å². The van der Waals surface area contributed by atoms with Crippen molar-refractivity contribution in [3.63, 3.8) is 0 Å². The van der Waals surface area contributed by atoms with E-state index in [1.807, 2.05) is 25.1 Å². The van der Waals surface area contributed by atoms with E-state index in [1.165, 1.54) is 0 Å². The van der Waals surface area contributed by atoms with E-state index < -0.39 is 5.97 Å². The largest absolute Gasteiger partial charge is 0.476 e. The number of amides is 1. The molecule has 0 aliphatic carbocycles. The monoisotopic (exact) mass is 263 g/mol. The highest BCUT2D eigenvalue weighted by Crippen LogP contribution is 2.24. The molecule has 0 fully saturated rings. The molecule has 0 spiro atoms. The number of rotatable bonds is 7. The molecule has 0 unspecified atom stereocenters. The fraction of sp³-hybridized carbons (Fsp3) is 0.286. The first-order valence-electron chi connectivity index (χ1n) is 6.04. The molecule has 0 radical (unpaired) electrons. The van der Waals surface area contributed by atoms with Gasteiger partial charge in [-0.15, -0.1) is 0 Å². The topological polar surface area (TPSA) is 66.8 Å². The van der Waals surface area contributed by atoms with Gasteiger partial charge in [0.1, 0.15) is 0 Å². The molecular formula is C14H17NO4. The molecule has 19 heavy (non-hydrogen) atoms. The Morgan fingerprint density at radius 1 is 1.32 bits per heavy atom. The summed E-state index contributed by atoms with van der Waals surface area (Å²) in [5, 5.41) is 10.1. The molecule has 1 aromatic carbocycles. The molecule has 0 aliphatic rings. The predicted molar refractivity (Wildman–Crippen MR) is 70.8 cm³/mol. The summed E-state index contributed by atoms with van der Waals surface area (Å²) in [6, 6.07) is 9.08. The van der Waals surface area contributed by atoms with E-state index in [0.29, 0.717) is 18.4 Å². The lowest BCUT2D eigenvalue weighted by Gasteiger charge is -2.20. The second-order valence-corrected chi connectivity index (χ2v) is 3.70. The van der Waals surface area contributed by atoms with Crippen molar-refractivity contribution in [2.45, 2.75) is 20.3 Å². The van der Waals surface area contributed by atoms with E-state index in [0.717, 1.165) is 10.6 Å². The Hall–Kier alpha value is -2.14. The number of hydroxylamine groups is 2. The molecule has 0 aliphatic heterocycles. The molecule has 1 N–H and O–H groups in total. The summed E-state index contributed by atoms with van der Waals surface area (Å²) in [6.07, 6.45) is 0.842. The van der Waals surface area contributed by atoms with Crippen LogP contribution in [0.15, 0.2) is 36.0 Å². The molecular weight excluding hydrogens is 246 g/mol. The predicted octanol–water partition coefficient (Wildman–Crippen LogP) is 2.30. The van der Waals surface area contributed by atoms with Crippen LogP contribution in [0.2, 0.25) is 0 Å². The maximum absolute atomic E-state index is 11.4. The van der Waals surface area contributed by atoms with E-state index in [1.54, 1.807) is 19.1 Å². The third kappa shape index (κ3) is 3.66. The Labute approximate surface area is 112 Å². The Bertz CT molecular complexity index is 468. The quantitative estimate of drug-likeness (QED) is 0.465. The Kier molecular flexibility index (Phi) is 5.75. The molecule has 0 heterocycles. The highest BCUT2D eigenvalue weighted by atomic mass is 16.7. The SMILES string of the molecule is CCON(C=O)C(C(=O)O)=C(CC)c1ccccc1. The van der Waals surface area contributed by atoms with Crippen LogP contribution >= 0.6 is 0 Å². The van der Waals surface area contributed by atoms with Crippen LogP contribution in [-0.4, -0.2) is 29.2 Å². The van der Waals surface area contributed by atoms with Gasteiger partial charge in [0.25, 0.3) is 0 Å². The van der Waals surface area contributed by atoms with Crippen LogP contribution < -0.4 is 0 Å². The summed E-state index contributed by atoms with van der Waals surface area (Å²) in [5.74, 6) is -1.19. The van der Waals surface area contributed by atoms with Gasteiger partial charge >= 0.3 is 5.97 Å². The van der Waals surface area contributed by atoms with Gasteiger partial charge in [-0.25, -0.2) is 4.79 Å². The van der Waals surface area contributed by atoms with Crippen LogP contribution in [0.5, 0.6) is 0 Å². The summed E-state index contributed by atoms with van der Waals surface area (Å²) in [6.45, 7) is 3.73. The van der Waals surface area contributed by atoms with Gasteiger partial charge in [-0.1, -0.05) is 37.3 Å². The Morgan fingerprint density at radius 2 is 1.95 bits per heavy atom.